The fraction of sp³-hybridized carbons (Fsp3) is 0.250. The van der Waals surface area contributed by atoms with E-state index < -0.39 is 0 Å². The number of thioether (sulfide) groups is 1. The number of para-hydroxylation sites is 1. The highest BCUT2D eigenvalue weighted by Gasteiger charge is 2.13. The molecule has 0 radical (unpaired) electrons. The number of aromatic nitrogens is 2. The van der Waals surface area contributed by atoms with E-state index in [9.17, 15) is 9.59 Å². The van der Waals surface area contributed by atoms with Gasteiger partial charge in [0.15, 0.2) is 5.16 Å². The zero-order valence-electron chi connectivity index (χ0n) is 15.3. The van der Waals surface area contributed by atoms with E-state index in [2.05, 4.69) is 26.2 Å². The number of aryl methyl sites for hydroxylation is 1. The van der Waals surface area contributed by atoms with Gasteiger partial charge in [0.25, 0.3) is 5.56 Å². The average Bonchev–Trinajstić information content (AvgIpc) is 2.68. The van der Waals surface area contributed by atoms with Crippen LogP contribution in [0.3, 0.4) is 0 Å². The van der Waals surface area contributed by atoms with E-state index in [1.165, 1.54) is 16.3 Å². The standard InChI is InChI=1S/C20H20BrN3O3S/c1-13-7-8-17(15(21)11-13)22-18(26)12-28-20-23-16-6-3-2-5-14(16)19(27)24(20)9-4-10-25/h2-3,5-8,11,25H,4,9-10,12H2,1H3,(H,22,26). The number of aliphatic hydroxyl groups excluding tert-OH is 1. The van der Waals surface area contributed by atoms with Gasteiger partial charge in [0.1, 0.15) is 0 Å². The zero-order chi connectivity index (χ0) is 20.1. The number of amides is 1. The second-order valence-electron chi connectivity index (χ2n) is 6.27. The van der Waals surface area contributed by atoms with Crippen LogP contribution in [0.2, 0.25) is 0 Å². The topological polar surface area (TPSA) is 84.2 Å². The summed E-state index contributed by atoms with van der Waals surface area (Å²) in [7, 11) is 0. The molecule has 2 N–H and O–H groups in total. The number of aliphatic hydroxyl groups is 1. The summed E-state index contributed by atoms with van der Waals surface area (Å²) < 4.78 is 2.34. The Kier molecular flexibility index (Phi) is 6.88. The Morgan fingerprint density at radius 2 is 2.07 bits per heavy atom. The highest BCUT2D eigenvalue weighted by atomic mass is 79.9. The molecule has 0 spiro atoms. The maximum absolute atomic E-state index is 12.8. The molecule has 1 amide bonds. The van der Waals surface area contributed by atoms with E-state index in [0.29, 0.717) is 34.7 Å². The molecule has 0 fully saturated rings. The maximum atomic E-state index is 12.8. The van der Waals surface area contributed by atoms with Gasteiger partial charge in [-0.2, -0.15) is 0 Å². The number of nitrogens with one attached hydrogen (secondary N) is 1. The predicted molar refractivity (Wildman–Crippen MR) is 116 cm³/mol. The fourth-order valence-corrected chi connectivity index (χ4v) is 4.14. The quantitative estimate of drug-likeness (QED) is 0.414. The molecule has 0 atom stereocenters. The number of fused-ring (bicyclic) bond motifs is 1. The van der Waals surface area contributed by atoms with Crippen LogP contribution in [-0.4, -0.2) is 32.9 Å². The Labute approximate surface area is 175 Å². The van der Waals surface area contributed by atoms with E-state index in [-0.39, 0.29) is 23.8 Å². The third-order valence-electron chi connectivity index (χ3n) is 4.10. The van der Waals surface area contributed by atoms with Crippen molar-refractivity contribution < 1.29 is 9.90 Å². The van der Waals surface area contributed by atoms with Crippen molar-refractivity contribution >= 4 is 50.2 Å². The largest absolute Gasteiger partial charge is 0.396 e. The van der Waals surface area contributed by atoms with Gasteiger partial charge in [-0.05, 0) is 59.1 Å². The van der Waals surface area contributed by atoms with Crippen molar-refractivity contribution in [2.24, 2.45) is 0 Å². The zero-order valence-corrected chi connectivity index (χ0v) is 17.7. The highest BCUT2D eigenvalue weighted by molar-refractivity contribution is 9.10. The van der Waals surface area contributed by atoms with Crippen LogP contribution >= 0.6 is 27.7 Å². The molecule has 3 aromatic rings. The van der Waals surface area contributed by atoms with Crippen LogP contribution in [0.4, 0.5) is 5.69 Å². The van der Waals surface area contributed by atoms with Crippen LogP contribution in [0.15, 0.2) is 56.9 Å². The number of halogens is 1. The SMILES string of the molecule is Cc1ccc(NC(=O)CSc2nc3ccccc3c(=O)n2CCCO)c(Br)c1. The van der Waals surface area contributed by atoms with Crippen molar-refractivity contribution in [1.29, 1.82) is 0 Å². The van der Waals surface area contributed by atoms with Crippen LogP contribution in [0.25, 0.3) is 10.9 Å². The summed E-state index contributed by atoms with van der Waals surface area (Å²) in [4.78, 5) is 29.7. The average molecular weight is 462 g/mol. The lowest BCUT2D eigenvalue weighted by molar-refractivity contribution is -0.113. The number of hydrogen-bond donors (Lipinski definition) is 2. The monoisotopic (exact) mass is 461 g/mol. The number of nitrogens with zero attached hydrogens (tertiary/aromatic N) is 2. The third kappa shape index (κ3) is 4.81. The fourth-order valence-electron chi connectivity index (χ4n) is 2.72. The predicted octanol–water partition coefficient (Wildman–Crippen LogP) is 3.58. The molecule has 0 bridgehead atoms. The number of anilines is 1. The van der Waals surface area contributed by atoms with Gasteiger partial charge in [-0.3, -0.25) is 14.2 Å². The van der Waals surface area contributed by atoms with Gasteiger partial charge >= 0.3 is 0 Å². The Hall–Kier alpha value is -2.16. The molecule has 1 heterocycles. The van der Waals surface area contributed by atoms with E-state index in [4.69, 9.17) is 5.11 Å². The second-order valence-corrected chi connectivity index (χ2v) is 8.06. The van der Waals surface area contributed by atoms with Gasteiger partial charge in [0, 0.05) is 17.6 Å². The Morgan fingerprint density at radius 1 is 1.29 bits per heavy atom. The molecule has 0 unspecified atom stereocenters. The van der Waals surface area contributed by atoms with Gasteiger partial charge in [-0.1, -0.05) is 30.0 Å². The Bertz CT molecular complexity index is 1070. The van der Waals surface area contributed by atoms with Crippen molar-refractivity contribution in [3.05, 3.63) is 62.9 Å². The van der Waals surface area contributed by atoms with Crippen LogP contribution in [0.1, 0.15) is 12.0 Å². The number of hydrogen-bond acceptors (Lipinski definition) is 5. The molecule has 2 aromatic carbocycles. The first kappa shape index (κ1) is 20.6. The lowest BCUT2D eigenvalue weighted by atomic mass is 10.2. The van der Waals surface area contributed by atoms with Gasteiger partial charge in [-0.15, -0.1) is 0 Å². The summed E-state index contributed by atoms with van der Waals surface area (Å²) in [6.07, 6.45) is 0.440. The first-order valence-corrected chi connectivity index (χ1v) is 10.6. The molecule has 0 saturated heterocycles. The minimum Gasteiger partial charge on any atom is -0.396 e. The molecular weight excluding hydrogens is 442 g/mol. The second kappa shape index (κ2) is 9.36. The van der Waals surface area contributed by atoms with Crippen LogP contribution in [-0.2, 0) is 11.3 Å². The molecule has 0 saturated carbocycles. The maximum Gasteiger partial charge on any atom is 0.262 e. The van der Waals surface area contributed by atoms with Crippen molar-refractivity contribution in [3.63, 3.8) is 0 Å². The molecule has 0 aliphatic heterocycles. The third-order valence-corrected chi connectivity index (χ3v) is 5.73. The summed E-state index contributed by atoms with van der Waals surface area (Å²) in [5.41, 5.74) is 2.22. The van der Waals surface area contributed by atoms with Gasteiger partial charge in [-0.25, -0.2) is 4.98 Å². The number of rotatable bonds is 7. The summed E-state index contributed by atoms with van der Waals surface area (Å²) in [5.74, 6) is -0.0739. The molecule has 0 aliphatic carbocycles. The summed E-state index contributed by atoms with van der Waals surface area (Å²) in [6.45, 7) is 2.30. The van der Waals surface area contributed by atoms with Gasteiger partial charge in [0.2, 0.25) is 5.91 Å². The minimum atomic E-state index is -0.189. The number of benzene rings is 2. The smallest absolute Gasteiger partial charge is 0.262 e. The van der Waals surface area contributed by atoms with Crippen molar-refractivity contribution in [2.75, 3.05) is 17.7 Å². The number of carbonyl (C=O) groups is 1. The lowest BCUT2D eigenvalue weighted by Gasteiger charge is -2.13. The Balaban J connectivity index is 1.80. The Morgan fingerprint density at radius 3 is 2.82 bits per heavy atom. The summed E-state index contributed by atoms with van der Waals surface area (Å²) in [5, 5.41) is 13.0. The first-order valence-electron chi connectivity index (χ1n) is 8.79. The van der Waals surface area contributed by atoms with E-state index in [1.54, 1.807) is 18.2 Å². The molecule has 6 nitrogen and oxygen atoms in total. The normalized spacial score (nSPS) is 11.0. The van der Waals surface area contributed by atoms with Gasteiger partial charge in [0.05, 0.1) is 22.3 Å². The molecule has 3 rings (SSSR count). The van der Waals surface area contributed by atoms with Crippen molar-refractivity contribution in [2.45, 2.75) is 25.0 Å². The van der Waals surface area contributed by atoms with E-state index >= 15 is 0 Å². The lowest BCUT2D eigenvalue weighted by Crippen LogP contribution is -2.24. The first-order chi connectivity index (χ1) is 13.5. The van der Waals surface area contributed by atoms with E-state index in [0.717, 1.165) is 10.0 Å². The summed E-state index contributed by atoms with van der Waals surface area (Å²) >= 11 is 4.65. The number of carbonyl (C=O) groups excluding carboxylic acids is 1. The summed E-state index contributed by atoms with van der Waals surface area (Å²) in [6, 6.07) is 12.8. The van der Waals surface area contributed by atoms with Gasteiger partial charge < -0.3 is 10.4 Å². The van der Waals surface area contributed by atoms with Crippen molar-refractivity contribution in [1.82, 2.24) is 9.55 Å². The molecule has 1 aromatic heterocycles. The van der Waals surface area contributed by atoms with Crippen molar-refractivity contribution in [3.8, 4) is 0 Å². The minimum absolute atomic E-state index is 0.0225. The molecule has 0 aliphatic rings. The van der Waals surface area contributed by atoms with Crippen LogP contribution in [0.5, 0.6) is 0 Å². The molecule has 8 heteroatoms. The van der Waals surface area contributed by atoms with Crippen LogP contribution < -0.4 is 10.9 Å². The molecular formula is C20H20BrN3O3S. The van der Waals surface area contributed by atoms with Crippen LogP contribution in [0, 0.1) is 6.92 Å². The molecule has 146 valence electrons. The van der Waals surface area contributed by atoms with E-state index in [1.807, 2.05) is 31.2 Å². The molecule has 28 heavy (non-hydrogen) atoms. The highest BCUT2D eigenvalue weighted by Crippen LogP contribution is 2.24.